The molecule has 0 atom stereocenters. The number of para-hydroxylation sites is 1. The standard InChI is InChI=1S/C15H18N2S/c1-2-12(10-6-8-16-9-7-10)14-13(3-1)18-15(17-14)11-4-5-11/h1-3,10-11,16H,4-9H2. The van der Waals surface area contributed by atoms with E-state index in [0.29, 0.717) is 5.92 Å². The summed E-state index contributed by atoms with van der Waals surface area (Å²) in [6, 6.07) is 6.76. The average molecular weight is 258 g/mol. The van der Waals surface area contributed by atoms with Crippen molar-refractivity contribution in [2.24, 2.45) is 0 Å². The number of hydrogen-bond acceptors (Lipinski definition) is 3. The second-order valence-electron chi connectivity index (χ2n) is 5.54. The van der Waals surface area contributed by atoms with E-state index in [-0.39, 0.29) is 0 Å². The molecule has 1 aliphatic heterocycles. The van der Waals surface area contributed by atoms with E-state index >= 15 is 0 Å². The van der Waals surface area contributed by atoms with Gasteiger partial charge in [0, 0.05) is 5.92 Å². The predicted molar refractivity (Wildman–Crippen MR) is 76.4 cm³/mol. The first-order valence-corrected chi connectivity index (χ1v) is 7.83. The zero-order valence-corrected chi connectivity index (χ0v) is 11.3. The van der Waals surface area contributed by atoms with E-state index in [1.54, 1.807) is 0 Å². The maximum absolute atomic E-state index is 4.95. The van der Waals surface area contributed by atoms with Gasteiger partial charge in [-0.05, 0) is 56.3 Å². The molecule has 2 heterocycles. The molecule has 3 heteroatoms. The SMILES string of the molecule is c1cc(C2CCNCC2)c2nc(C3CC3)sc2c1. The highest BCUT2D eigenvalue weighted by molar-refractivity contribution is 7.18. The molecule has 2 fully saturated rings. The van der Waals surface area contributed by atoms with Crippen LogP contribution in [0.25, 0.3) is 10.2 Å². The summed E-state index contributed by atoms with van der Waals surface area (Å²) in [5.74, 6) is 1.49. The lowest BCUT2D eigenvalue weighted by molar-refractivity contribution is 0.462. The molecule has 1 N–H and O–H groups in total. The van der Waals surface area contributed by atoms with Gasteiger partial charge < -0.3 is 5.32 Å². The van der Waals surface area contributed by atoms with Crippen molar-refractivity contribution in [2.45, 2.75) is 37.5 Å². The second-order valence-corrected chi connectivity index (χ2v) is 6.61. The van der Waals surface area contributed by atoms with Crippen molar-refractivity contribution >= 4 is 21.6 Å². The molecule has 0 spiro atoms. The van der Waals surface area contributed by atoms with E-state index < -0.39 is 0 Å². The Hall–Kier alpha value is -0.930. The van der Waals surface area contributed by atoms with Gasteiger partial charge in [0.1, 0.15) is 0 Å². The van der Waals surface area contributed by atoms with Crippen molar-refractivity contribution in [1.29, 1.82) is 0 Å². The summed E-state index contributed by atoms with van der Waals surface area (Å²) in [4.78, 5) is 4.95. The van der Waals surface area contributed by atoms with Gasteiger partial charge in [-0.25, -0.2) is 4.98 Å². The smallest absolute Gasteiger partial charge is 0.0969 e. The van der Waals surface area contributed by atoms with Gasteiger partial charge in [-0.15, -0.1) is 11.3 Å². The predicted octanol–water partition coefficient (Wildman–Crippen LogP) is 3.64. The summed E-state index contributed by atoms with van der Waals surface area (Å²) in [7, 11) is 0. The third-order valence-corrected chi connectivity index (χ3v) is 5.36. The molecule has 1 aromatic carbocycles. The fraction of sp³-hybridized carbons (Fsp3) is 0.533. The van der Waals surface area contributed by atoms with E-state index in [2.05, 4.69) is 23.5 Å². The Balaban J connectivity index is 1.78. The molecule has 2 aromatic rings. The van der Waals surface area contributed by atoms with Crippen molar-refractivity contribution in [3.63, 3.8) is 0 Å². The molecule has 18 heavy (non-hydrogen) atoms. The van der Waals surface area contributed by atoms with Crippen LogP contribution in [0.15, 0.2) is 18.2 Å². The Morgan fingerprint density at radius 3 is 2.67 bits per heavy atom. The van der Waals surface area contributed by atoms with Gasteiger partial charge in [-0.2, -0.15) is 0 Å². The maximum atomic E-state index is 4.95. The van der Waals surface area contributed by atoms with Gasteiger partial charge in [0.05, 0.1) is 15.2 Å². The lowest BCUT2D eigenvalue weighted by atomic mass is 9.89. The van der Waals surface area contributed by atoms with E-state index in [9.17, 15) is 0 Å². The number of hydrogen-bond donors (Lipinski definition) is 1. The van der Waals surface area contributed by atoms with Crippen LogP contribution >= 0.6 is 11.3 Å². The van der Waals surface area contributed by atoms with Crippen LogP contribution < -0.4 is 5.32 Å². The lowest BCUT2D eigenvalue weighted by Crippen LogP contribution is -2.26. The van der Waals surface area contributed by atoms with Crippen LogP contribution in [0.4, 0.5) is 0 Å². The molecule has 94 valence electrons. The Morgan fingerprint density at radius 2 is 1.89 bits per heavy atom. The first kappa shape index (κ1) is 10.9. The summed E-state index contributed by atoms with van der Waals surface area (Å²) >= 11 is 1.92. The minimum absolute atomic E-state index is 0.712. The number of piperidine rings is 1. The van der Waals surface area contributed by atoms with Crippen LogP contribution in [-0.4, -0.2) is 18.1 Å². The lowest BCUT2D eigenvalue weighted by Gasteiger charge is -2.23. The van der Waals surface area contributed by atoms with Gasteiger partial charge in [0.2, 0.25) is 0 Å². The molecule has 0 radical (unpaired) electrons. The Bertz CT molecular complexity index is 565. The Kier molecular flexibility index (Phi) is 2.63. The van der Waals surface area contributed by atoms with E-state index in [1.165, 1.54) is 46.5 Å². The Morgan fingerprint density at radius 1 is 1.06 bits per heavy atom. The van der Waals surface area contributed by atoms with Gasteiger partial charge >= 0.3 is 0 Å². The topological polar surface area (TPSA) is 24.9 Å². The third-order valence-electron chi connectivity index (χ3n) is 4.17. The molecule has 2 aliphatic rings. The van der Waals surface area contributed by atoms with Gasteiger partial charge in [0.15, 0.2) is 0 Å². The van der Waals surface area contributed by atoms with Crippen molar-refractivity contribution in [3.05, 3.63) is 28.8 Å². The van der Waals surface area contributed by atoms with Crippen LogP contribution in [0.1, 0.15) is 48.1 Å². The number of nitrogens with one attached hydrogen (secondary N) is 1. The van der Waals surface area contributed by atoms with Crippen LogP contribution in [0.2, 0.25) is 0 Å². The normalized spacial score (nSPS) is 21.6. The summed E-state index contributed by atoms with van der Waals surface area (Å²) in [5, 5.41) is 4.83. The minimum atomic E-state index is 0.712. The number of rotatable bonds is 2. The molecule has 0 amide bonds. The number of benzene rings is 1. The number of thiazole rings is 1. The first-order chi connectivity index (χ1) is 8.92. The molecule has 1 aliphatic carbocycles. The van der Waals surface area contributed by atoms with Crippen LogP contribution in [0.5, 0.6) is 0 Å². The van der Waals surface area contributed by atoms with Crippen molar-refractivity contribution < 1.29 is 0 Å². The van der Waals surface area contributed by atoms with Crippen LogP contribution in [0.3, 0.4) is 0 Å². The van der Waals surface area contributed by atoms with Crippen LogP contribution in [0, 0.1) is 0 Å². The second kappa shape index (κ2) is 4.32. The summed E-state index contributed by atoms with van der Waals surface area (Å²) in [5.41, 5.74) is 2.80. The van der Waals surface area contributed by atoms with E-state index in [1.807, 2.05) is 11.3 Å². The van der Waals surface area contributed by atoms with Gasteiger partial charge in [0.25, 0.3) is 0 Å². The molecule has 4 rings (SSSR count). The summed E-state index contributed by atoms with van der Waals surface area (Å²) < 4.78 is 1.40. The van der Waals surface area contributed by atoms with Crippen LogP contribution in [-0.2, 0) is 0 Å². The molecule has 1 saturated heterocycles. The van der Waals surface area contributed by atoms with Gasteiger partial charge in [-0.1, -0.05) is 12.1 Å². The fourth-order valence-corrected chi connectivity index (χ4v) is 4.13. The molecular formula is C15H18N2S. The third kappa shape index (κ3) is 1.86. The minimum Gasteiger partial charge on any atom is -0.317 e. The Labute approximate surface area is 111 Å². The van der Waals surface area contributed by atoms with Crippen molar-refractivity contribution in [1.82, 2.24) is 10.3 Å². The number of aromatic nitrogens is 1. The van der Waals surface area contributed by atoms with E-state index in [0.717, 1.165) is 19.0 Å². The largest absolute Gasteiger partial charge is 0.317 e. The monoisotopic (exact) mass is 258 g/mol. The highest BCUT2D eigenvalue weighted by atomic mass is 32.1. The average Bonchev–Trinajstić information content (AvgIpc) is 3.18. The van der Waals surface area contributed by atoms with Gasteiger partial charge in [-0.3, -0.25) is 0 Å². The highest BCUT2D eigenvalue weighted by Gasteiger charge is 2.28. The molecule has 1 aromatic heterocycles. The maximum Gasteiger partial charge on any atom is 0.0969 e. The molecule has 1 saturated carbocycles. The molecule has 0 bridgehead atoms. The van der Waals surface area contributed by atoms with Crippen molar-refractivity contribution in [2.75, 3.05) is 13.1 Å². The number of nitrogens with zero attached hydrogens (tertiary/aromatic N) is 1. The first-order valence-electron chi connectivity index (χ1n) is 7.02. The molecule has 2 nitrogen and oxygen atoms in total. The molecule has 0 unspecified atom stereocenters. The van der Waals surface area contributed by atoms with Crippen molar-refractivity contribution in [3.8, 4) is 0 Å². The zero-order valence-electron chi connectivity index (χ0n) is 10.5. The number of fused-ring (bicyclic) bond motifs is 1. The summed E-state index contributed by atoms with van der Waals surface area (Å²) in [6.07, 6.45) is 5.22. The quantitative estimate of drug-likeness (QED) is 0.889. The zero-order chi connectivity index (χ0) is 11.9. The fourth-order valence-electron chi connectivity index (χ4n) is 2.95. The molecular weight excluding hydrogens is 240 g/mol. The highest BCUT2D eigenvalue weighted by Crippen LogP contribution is 2.44. The summed E-state index contributed by atoms with van der Waals surface area (Å²) in [6.45, 7) is 2.31. The van der Waals surface area contributed by atoms with E-state index in [4.69, 9.17) is 4.98 Å².